The van der Waals surface area contributed by atoms with Crippen molar-refractivity contribution in [2.45, 2.75) is 35.8 Å². The van der Waals surface area contributed by atoms with Gasteiger partial charge in [0, 0.05) is 17.5 Å². The molecular formula is C19H21ClO3S. The Morgan fingerprint density at radius 3 is 2.54 bits per heavy atom. The van der Waals surface area contributed by atoms with Crippen molar-refractivity contribution in [3.05, 3.63) is 64.7 Å². The minimum Gasteiger partial charge on any atom is -0.381 e. The summed E-state index contributed by atoms with van der Waals surface area (Å²) in [5.41, 5.74) is 1.88. The van der Waals surface area contributed by atoms with Crippen LogP contribution in [0.1, 0.15) is 30.4 Å². The third-order valence-corrected chi connectivity index (χ3v) is 7.79. The van der Waals surface area contributed by atoms with Crippen LogP contribution in [0.5, 0.6) is 0 Å². The molecule has 0 spiro atoms. The van der Waals surface area contributed by atoms with Crippen molar-refractivity contribution >= 4 is 21.4 Å². The van der Waals surface area contributed by atoms with Gasteiger partial charge in [-0.3, -0.25) is 0 Å². The van der Waals surface area contributed by atoms with Crippen molar-refractivity contribution < 1.29 is 13.2 Å². The standard InChI is InChI=1S/C19H21ClO3S/c1-14-4-3-5-17(12-14)24(21,22)19(2)10-11-23-13-18(19)15-6-8-16(20)9-7-15/h3-9,12,18H,10-11,13H2,1-2H3. The zero-order valence-electron chi connectivity index (χ0n) is 13.8. The van der Waals surface area contributed by atoms with Gasteiger partial charge in [-0.2, -0.15) is 0 Å². The molecule has 5 heteroatoms. The van der Waals surface area contributed by atoms with Gasteiger partial charge in [-0.25, -0.2) is 8.42 Å². The van der Waals surface area contributed by atoms with Gasteiger partial charge in [0.1, 0.15) is 0 Å². The van der Waals surface area contributed by atoms with E-state index in [1.807, 2.05) is 32.0 Å². The van der Waals surface area contributed by atoms with Gasteiger partial charge in [0.05, 0.1) is 16.2 Å². The maximum atomic E-state index is 13.4. The molecule has 0 aromatic heterocycles. The van der Waals surface area contributed by atoms with Gasteiger partial charge >= 0.3 is 0 Å². The van der Waals surface area contributed by atoms with E-state index in [0.717, 1.165) is 11.1 Å². The maximum absolute atomic E-state index is 13.4. The number of hydrogen-bond acceptors (Lipinski definition) is 3. The summed E-state index contributed by atoms with van der Waals surface area (Å²) in [6.07, 6.45) is 0.469. The van der Waals surface area contributed by atoms with Gasteiger partial charge in [-0.15, -0.1) is 0 Å². The summed E-state index contributed by atoms with van der Waals surface area (Å²) < 4.78 is 31.6. The van der Waals surface area contributed by atoms with Crippen molar-refractivity contribution in [1.82, 2.24) is 0 Å². The second kappa shape index (κ2) is 6.51. The van der Waals surface area contributed by atoms with Gasteiger partial charge in [0.2, 0.25) is 0 Å². The summed E-state index contributed by atoms with van der Waals surface area (Å²) in [4.78, 5) is 0.380. The fraction of sp³-hybridized carbons (Fsp3) is 0.368. The smallest absolute Gasteiger partial charge is 0.184 e. The number of ether oxygens (including phenoxy) is 1. The highest BCUT2D eigenvalue weighted by molar-refractivity contribution is 7.92. The van der Waals surface area contributed by atoms with Crippen LogP contribution >= 0.6 is 11.6 Å². The van der Waals surface area contributed by atoms with E-state index in [1.54, 1.807) is 30.3 Å². The Labute approximate surface area is 148 Å². The Morgan fingerprint density at radius 2 is 1.88 bits per heavy atom. The highest BCUT2D eigenvalue weighted by atomic mass is 35.5. The Balaban J connectivity index is 2.09. The van der Waals surface area contributed by atoms with Gasteiger partial charge in [0.15, 0.2) is 9.84 Å². The van der Waals surface area contributed by atoms with Crippen LogP contribution < -0.4 is 0 Å². The molecule has 128 valence electrons. The largest absolute Gasteiger partial charge is 0.381 e. The maximum Gasteiger partial charge on any atom is 0.184 e. The Morgan fingerprint density at radius 1 is 1.17 bits per heavy atom. The topological polar surface area (TPSA) is 43.4 Å². The fourth-order valence-electron chi connectivity index (χ4n) is 3.34. The molecule has 1 saturated heterocycles. The van der Waals surface area contributed by atoms with Crippen molar-refractivity contribution in [3.8, 4) is 0 Å². The first kappa shape index (κ1) is 17.5. The van der Waals surface area contributed by atoms with Crippen LogP contribution in [0.2, 0.25) is 5.02 Å². The van der Waals surface area contributed by atoms with Crippen LogP contribution in [0, 0.1) is 6.92 Å². The molecule has 1 fully saturated rings. The number of aryl methyl sites for hydroxylation is 1. The predicted molar refractivity (Wildman–Crippen MR) is 96.4 cm³/mol. The molecule has 3 rings (SSSR count). The molecule has 0 aliphatic carbocycles. The van der Waals surface area contributed by atoms with Gasteiger partial charge in [-0.1, -0.05) is 35.9 Å². The van der Waals surface area contributed by atoms with Crippen LogP contribution in [0.15, 0.2) is 53.4 Å². The summed E-state index contributed by atoms with van der Waals surface area (Å²) in [6, 6.07) is 14.5. The van der Waals surface area contributed by atoms with Crippen LogP contribution in [0.4, 0.5) is 0 Å². The summed E-state index contributed by atoms with van der Waals surface area (Å²) in [7, 11) is -3.50. The molecule has 3 nitrogen and oxygen atoms in total. The van der Waals surface area contributed by atoms with Crippen LogP contribution in [-0.4, -0.2) is 26.4 Å². The lowest BCUT2D eigenvalue weighted by molar-refractivity contribution is 0.0606. The highest BCUT2D eigenvalue weighted by Crippen LogP contribution is 2.44. The van der Waals surface area contributed by atoms with E-state index in [2.05, 4.69) is 0 Å². The normalized spacial score (nSPS) is 24.7. The van der Waals surface area contributed by atoms with Gasteiger partial charge < -0.3 is 4.74 Å². The zero-order valence-corrected chi connectivity index (χ0v) is 15.4. The van der Waals surface area contributed by atoms with E-state index in [1.165, 1.54) is 0 Å². The van der Waals surface area contributed by atoms with Crippen molar-refractivity contribution in [2.24, 2.45) is 0 Å². The quantitative estimate of drug-likeness (QED) is 0.811. The monoisotopic (exact) mass is 364 g/mol. The first-order valence-electron chi connectivity index (χ1n) is 7.99. The molecule has 2 atom stereocenters. The van der Waals surface area contributed by atoms with E-state index in [-0.39, 0.29) is 5.92 Å². The number of rotatable bonds is 3. The van der Waals surface area contributed by atoms with Gasteiger partial charge in [-0.05, 0) is 55.7 Å². The van der Waals surface area contributed by atoms with E-state index < -0.39 is 14.6 Å². The molecule has 1 heterocycles. The Bertz CT molecular complexity index is 830. The van der Waals surface area contributed by atoms with Crippen molar-refractivity contribution in [3.63, 3.8) is 0 Å². The van der Waals surface area contributed by atoms with E-state index in [9.17, 15) is 8.42 Å². The van der Waals surface area contributed by atoms with Crippen molar-refractivity contribution in [1.29, 1.82) is 0 Å². The molecule has 2 aromatic rings. The first-order valence-corrected chi connectivity index (χ1v) is 9.85. The minimum absolute atomic E-state index is 0.228. The van der Waals surface area contributed by atoms with E-state index in [4.69, 9.17) is 16.3 Å². The van der Waals surface area contributed by atoms with Crippen LogP contribution in [-0.2, 0) is 14.6 Å². The second-order valence-electron chi connectivity index (χ2n) is 6.56. The zero-order chi connectivity index (χ0) is 17.4. The molecule has 0 N–H and O–H groups in total. The molecule has 24 heavy (non-hydrogen) atoms. The molecule has 0 amide bonds. The number of sulfone groups is 1. The number of hydrogen-bond donors (Lipinski definition) is 0. The van der Waals surface area contributed by atoms with Crippen LogP contribution in [0.3, 0.4) is 0 Å². The molecule has 1 aliphatic rings. The number of benzene rings is 2. The summed E-state index contributed by atoms with van der Waals surface area (Å²) in [5, 5.41) is 0.638. The summed E-state index contributed by atoms with van der Waals surface area (Å²) in [5.74, 6) is -0.228. The van der Waals surface area contributed by atoms with Gasteiger partial charge in [0.25, 0.3) is 0 Å². The molecule has 0 bridgehead atoms. The first-order chi connectivity index (χ1) is 11.3. The third kappa shape index (κ3) is 2.99. The molecule has 2 aromatic carbocycles. The SMILES string of the molecule is Cc1cccc(S(=O)(=O)C2(C)CCOCC2c2ccc(Cl)cc2)c1. The minimum atomic E-state index is -3.50. The lowest BCUT2D eigenvalue weighted by Crippen LogP contribution is -2.47. The molecular weight excluding hydrogens is 344 g/mol. The average molecular weight is 365 g/mol. The average Bonchev–Trinajstić information content (AvgIpc) is 2.56. The predicted octanol–water partition coefficient (Wildman–Crippen LogP) is 4.38. The molecule has 0 radical (unpaired) electrons. The highest BCUT2D eigenvalue weighted by Gasteiger charge is 2.49. The molecule has 2 unspecified atom stereocenters. The van der Waals surface area contributed by atoms with Crippen LogP contribution in [0.25, 0.3) is 0 Å². The molecule has 0 saturated carbocycles. The summed E-state index contributed by atoms with van der Waals surface area (Å²) >= 11 is 5.98. The fourth-order valence-corrected chi connectivity index (χ4v) is 5.54. The van der Waals surface area contributed by atoms with Crippen molar-refractivity contribution in [2.75, 3.05) is 13.2 Å². The van der Waals surface area contributed by atoms with E-state index >= 15 is 0 Å². The third-order valence-electron chi connectivity index (χ3n) is 4.95. The number of halogens is 1. The Hall–Kier alpha value is -1.36. The molecule has 1 aliphatic heterocycles. The lowest BCUT2D eigenvalue weighted by Gasteiger charge is -2.41. The summed E-state index contributed by atoms with van der Waals surface area (Å²) in [6.45, 7) is 4.59. The lowest BCUT2D eigenvalue weighted by atomic mass is 9.83. The second-order valence-corrected chi connectivity index (χ2v) is 9.41. The Kier molecular flexibility index (Phi) is 4.73. The van der Waals surface area contributed by atoms with E-state index in [0.29, 0.717) is 29.6 Å².